The van der Waals surface area contributed by atoms with E-state index in [1.165, 1.54) is 18.3 Å². The molecule has 3 aromatic rings. The average Bonchev–Trinajstić information content (AvgIpc) is 2.67. The van der Waals surface area contributed by atoms with Gasteiger partial charge in [0.1, 0.15) is 11.6 Å². The van der Waals surface area contributed by atoms with E-state index in [2.05, 4.69) is 62.7 Å². The highest BCUT2D eigenvalue weighted by Crippen LogP contribution is 2.30. The molecule has 0 saturated carbocycles. The number of rotatable bonds is 6. The zero-order chi connectivity index (χ0) is 21.0. The maximum absolute atomic E-state index is 13.1. The summed E-state index contributed by atoms with van der Waals surface area (Å²) in [6, 6.07) is 9.26. The van der Waals surface area contributed by atoms with Crippen molar-refractivity contribution in [2.24, 2.45) is 5.10 Å². The quantitative estimate of drug-likeness (QED) is 0.322. The molecule has 29 heavy (non-hydrogen) atoms. The monoisotopic (exact) mass is 523 g/mol. The summed E-state index contributed by atoms with van der Waals surface area (Å²) in [6.45, 7) is 0. The number of aromatic nitrogens is 3. The second-order valence-electron chi connectivity index (χ2n) is 6.00. The highest BCUT2D eigenvalue weighted by Gasteiger charge is 2.09. The molecule has 0 amide bonds. The molecule has 0 saturated heterocycles. The fourth-order valence-corrected chi connectivity index (χ4v) is 3.44. The van der Waals surface area contributed by atoms with E-state index in [-0.39, 0.29) is 23.5 Å². The van der Waals surface area contributed by atoms with Crippen molar-refractivity contribution in [2.45, 2.75) is 0 Å². The predicted octanol–water partition coefficient (Wildman–Crippen LogP) is 4.50. The fourth-order valence-electron chi connectivity index (χ4n) is 2.18. The van der Waals surface area contributed by atoms with Crippen LogP contribution in [0, 0.1) is 5.82 Å². The molecule has 11 heteroatoms. The Morgan fingerprint density at radius 2 is 1.76 bits per heavy atom. The van der Waals surface area contributed by atoms with Crippen LogP contribution in [0.2, 0.25) is 0 Å². The van der Waals surface area contributed by atoms with Gasteiger partial charge in [-0.1, -0.05) is 15.9 Å². The lowest BCUT2D eigenvalue weighted by molar-refractivity contribution is 0.471. The number of hydrazone groups is 1. The number of benzene rings is 2. The maximum atomic E-state index is 13.1. The minimum atomic E-state index is -0.334. The number of phenolic OH excluding ortho intramolecular Hbond substituents is 1. The lowest BCUT2D eigenvalue weighted by atomic mass is 10.2. The summed E-state index contributed by atoms with van der Waals surface area (Å²) in [5, 5.41) is 17.2. The molecule has 1 heterocycles. The topological polar surface area (TPSA) is 98.6 Å². The molecule has 0 spiro atoms. The maximum Gasteiger partial charge on any atom is 0.250 e. The molecule has 0 radical (unpaired) electrons. The largest absolute Gasteiger partial charge is 0.506 e. The van der Waals surface area contributed by atoms with E-state index in [4.69, 9.17) is 0 Å². The molecule has 0 unspecified atom stereocenters. The highest BCUT2D eigenvalue weighted by molar-refractivity contribution is 9.11. The van der Waals surface area contributed by atoms with Crippen LogP contribution in [0.25, 0.3) is 0 Å². The summed E-state index contributed by atoms with van der Waals surface area (Å²) in [4.78, 5) is 14.6. The molecule has 0 bridgehead atoms. The van der Waals surface area contributed by atoms with Crippen LogP contribution in [0.3, 0.4) is 0 Å². The Bertz CT molecular complexity index is 1050. The standard InChI is InChI=1S/C18H16Br2FN7O/c1-28(2)18-25-16(23-13-5-3-12(21)4-6-13)24-17(26-18)27-22-9-10-7-11(19)8-14(20)15(10)29/h3-9,29H,1-2H3,(H2,23,24,25,26,27)/b22-9+. The first kappa shape index (κ1) is 20.9. The van der Waals surface area contributed by atoms with E-state index >= 15 is 0 Å². The van der Waals surface area contributed by atoms with Gasteiger partial charge < -0.3 is 15.3 Å². The molecule has 0 aliphatic heterocycles. The molecule has 1 aromatic heterocycles. The van der Waals surface area contributed by atoms with Gasteiger partial charge in [-0.2, -0.15) is 20.1 Å². The Morgan fingerprint density at radius 3 is 2.45 bits per heavy atom. The van der Waals surface area contributed by atoms with E-state index < -0.39 is 0 Å². The third-order valence-corrected chi connectivity index (χ3v) is 4.61. The highest BCUT2D eigenvalue weighted by atomic mass is 79.9. The van der Waals surface area contributed by atoms with Crippen molar-refractivity contribution in [2.75, 3.05) is 29.7 Å². The minimum Gasteiger partial charge on any atom is -0.506 e. The van der Waals surface area contributed by atoms with Crippen LogP contribution in [0.15, 0.2) is 50.4 Å². The molecular formula is C18H16Br2FN7O. The summed E-state index contributed by atoms with van der Waals surface area (Å²) in [5.41, 5.74) is 3.85. The van der Waals surface area contributed by atoms with Gasteiger partial charge in [-0.05, 0) is 52.3 Å². The number of hydrogen-bond acceptors (Lipinski definition) is 8. The number of halogens is 3. The summed E-state index contributed by atoms with van der Waals surface area (Å²) >= 11 is 6.63. The number of aromatic hydroxyl groups is 1. The van der Waals surface area contributed by atoms with Gasteiger partial charge in [-0.25, -0.2) is 9.82 Å². The van der Waals surface area contributed by atoms with Crippen molar-refractivity contribution in [3.05, 3.63) is 56.7 Å². The van der Waals surface area contributed by atoms with E-state index in [1.807, 2.05) is 0 Å². The van der Waals surface area contributed by atoms with Gasteiger partial charge in [0.2, 0.25) is 17.8 Å². The normalized spacial score (nSPS) is 10.9. The fraction of sp³-hybridized carbons (Fsp3) is 0.111. The predicted molar refractivity (Wildman–Crippen MR) is 119 cm³/mol. The van der Waals surface area contributed by atoms with Gasteiger partial charge in [0.05, 0.1) is 10.7 Å². The van der Waals surface area contributed by atoms with Crippen molar-refractivity contribution in [1.29, 1.82) is 0 Å². The molecule has 2 aromatic carbocycles. The summed E-state index contributed by atoms with van der Waals surface area (Å²) in [7, 11) is 3.59. The number of hydrogen-bond donors (Lipinski definition) is 3. The van der Waals surface area contributed by atoms with Crippen molar-refractivity contribution in [1.82, 2.24) is 15.0 Å². The molecule has 0 aliphatic rings. The van der Waals surface area contributed by atoms with E-state index in [9.17, 15) is 9.50 Å². The van der Waals surface area contributed by atoms with Crippen molar-refractivity contribution >= 4 is 61.6 Å². The van der Waals surface area contributed by atoms with Crippen molar-refractivity contribution in [3.63, 3.8) is 0 Å². The van der Waals surface area contributed by atoms with Gasteiger partial charge in [0.25, 0.3) is 0 Å². The van der Waals surface area contributed by atoms with Crippen LogP contribution in [0.5, 0.6) is 5.75 Å². The van der Waals surface area contributed by atoms with Crippen molar-refractivity contribution in [3.8, 4) is 5.75 Å². The molecule has 3 N–H and O–H groups in total. The second-order valence-corrected chi connectivity index (χ2v) is 7.77. The first-order valence-corrected chi connectivity index (χ1v) is 9.83. The summed E-state index contributed by atoms with van der Waals surface area (Å²) < 4.78 is 14.4. The molecule has 0 aliphatic carbocycles. The number of nitrogens with one attached hydrogen (secondary N) is 2. The molecule has 150 valence electrons. The van der Waals surface area contributed by atoms with E-state index in [0.717, 1.165) is 4.47 Å². The molecular weight excluding hydrogens is 509 g/mol. The van der Waals surface area contributed by atoms with Crippen LogP contribution >= 0.6 is 31.9 Å². The Balaban J connectivity index is 1.83. The van der Waals surface area contributed by atoms with Crippen LogP contribution in [0.1, 0.15) is 5.56 Å². The third kappa shape index (κ3) is 5.61. The zero-order valence-electron chi connectivity index (χ0n) is 15.4. The van der Waals surface area contributed by atoms with Crippen LogP contribution in [-0.4, -0.2) is 40.4 Å². The third-order valence-electron chi connectivity index (χ3n) is 3.55. The molecule has 0 fully saturated rings. The van der Waals surface area contributed by atoms with E-state index in [0.29, 0.717) is 21.7 Å². The number of anilines is 4. The number of phenols is 1. The Kier molecular flexibility index (Phi) is 6.60. The Hall–Kier alpha value is -2.79. The van der Waals surface area contributed by atoms with Crippen LogP contribution in [0.4, 0.5) is 27.9 Å². The van der Waals surface area contributed by atoms with E-state index in [1.54, 1.807) is 43.3 Å². The average molecular weight is 525 g/mol. The van der Waals surface area contributed by atoms with Crippen molar-refractivity contribution < 1.29 is 9.50 Å². The summed E-state index contributed by atoms with van der Waals surface area (Å²) in [5.74, 6) is 0.580. The van der Waals surface area contributed by atoms with Crippen LogP contribution in [-0.2, 0) is 0 Å². The van der Waals surface area contributed by atoms with Crippen LogP contribution < -0.4 is 15.6 Å². The van der Waals surface area contributed by atoms with Gasteiger partial charge >= 0.3 is 0 Å². The first-order chi connectivity index (χ1) is 13.8. The number of nitrogens with zero attached hydrogens (tertiary/aromatic N) is 5. The Morgan fingerprint density at radius 1 is 1.07 bits per heavy atom. The van der Waals surface area contributed by atoms with Gasteiger partial charge in [0, 0.05) is 29.8 Å². The molecule has 8 nitrogen and oxygen atoms in total. The molecule has 0 atom stereocenters. The smallest absolute Gasteiger partial charge is 0.250 e. The minimum absolute atomic E-state index is 0.0574. The lowest BCUT2D eigenvalue weighted by Crippen LogP contribution is -2.15. The molecule has 3 rings (SSSR count). The Labute approximate surface area is 183 Å². The second kappa shape index (κ2) is 9.14. The summed E-state index contributed by atoms with van der Waals surface area (Å²) in [6.07, 6.45) is 1.44. The lowest BCUT2D eigenvalue weighted by Gasteiger charge is -2.13. The van der Waals surface area contributed by atoms with Gasteiger partial charge in [0.15, 0.2) is 0 Å². The van der Waals surface area contributed by atoms with Gasteiger partial charge in [-0.15, -0.1) is 0 Å². The SMILES string of the molecule is CN(C)c1nc(N/N=C/c2cc(Br)cc(Br)c2O)nc(Nc2ccc(F)cc2)n1. The zero-order valence-corrected chi connectivity index (χ0v) is 18.5. The first-order valence-electron chi connectivity index (χ1n) is 8.25. The van der Waals surface area contributed by atoms with Gasteiger partial charge in [-0.3, -0.25) is 0 Å².